The molecule has 0 unspecified atom stereocenters. The molecule has 3 rings (SSSR count). The first-order valence-electron chi connectivity index (χ1n) is 8.88. The summed E-state index contributed by atoms with van der Waals surface area (Å²) in [5, 5.41) is 3.03. The van der Waals surface area contributed by atoms with Crippen LogP contribution in [-0.4, -0.2) is 22.1 Å². The van der Waals surface area contributed by atoms with Gasteiger partial charge in [-0.15, -0.1) is 0 Å². The highest BCUT2D eigenvalue weighted by Crippen LogP contribution is 2.26. The van der Waals surface area contributed by atoms with Gasteiger partial charge in [-0.3, -0.25) is 4.79 Å². The average molecular weight is 378 g/mol. The third-order valence-corrected chi connectivity index (χ3v) is 4.38. The van der Waals surface area contributed by atoms with Crippen LogP contribution in [0.25, 0.3) is 11.3 Å². The van der Waals surface area contributed by atoms with Gasteiger partial charge in [-0.05, 0) is 49.7 Å². The topological polar surface area (TPSA) is 99.2 Å². The van der Waals surface area contributed by atoms with E-state index >= 15 is 0 Å². The molecule has 0 radical (unpaired) electrons. The summed E-state index contributed by atoms with van der Waals surface area (Å²) in [7, 11) is 1.67. The SMILES string of the molecule is CCOC(=O)c1ccc(Nc2nc(-c3cccc(N)c3C)cn(C)c2=O)cc1. The molecule has 3 N–H and O–H groups in total. The number of benzene rings is 2. The molecule has 0 bridgehead atoms. The molecule has 0 amide bonds. The van der Waals surface area contributed by atoms with E-state index in [9.17, 15) is 9.59 Å². The van der Waals surface area contributed by atoms with Gasteiger partial charge in [0.1, 0.15) is 0 Å². The van der Waals surface area contributed by atoms with Gasteiger partial charge in [-0.2, -0.15) is 0 Å². The van der Waals surface area contributed by atoms with Gasteiger partial charge in [0.2, 0.25) is 0 Å². The van der Waals surface area contributed by atoms with E-state index in [4.69, 9.17) is 10.5 Å². The van der Waals surface area contributed by atoms with E-state index in [2.05, 4.69) is 10.3 Å². The summed E-state index contributed by atoms with van der Waals surface area (Å²) in [6.07, 6.45) is 1.68. The number of carbonyl (C=O) groups is 1. The molecule has 1 aromatic heterocycles. The second-order valence-corrected chi connectivity index (χ2v) is 6.33. The lowest BCUT2D eigenvalue weighted by molar-refractivity contribution is 0.0526. The number of carbonyl (C=O) groups excluding carboxylic acids is 1. The highest BCUT2D eigenvalue weighted by Gasteiger charge is 2.12. The van der Waals surface area contributed by atoms with Gasteiger partial charge in [0.05, 0.1) is 17.9 Å². The molecule has 0 aliphatic carbocycles. The van der Waals surface area contributed by atoms with Crippen LogP contribution < -0.4 is 16.6 Å². The summed E-state index contributed by atoms with van der Waals surface area (Å²) < 4.78 is 6.44. The Morgan fingerprint density at radius 1 is 1.21 bits per heavy atom. The van der Waals surface area contributed by atoms with Crippen molar-refractivity contribution in [2.75, 3.05) is 17.7 Å². The van der Waals surface area contributed by atoms with Crippen molar-refractivity contribution in [3.8, 4) is 11.3 Å². The minimum atomic E-state index is -0.387. The Hall–Kier alpha value is -3.61. The molecule has 3 aromatic rings. The van der Waals surface area contributed by atoms with Crippen LogP contribution >= 0.6 is 0 Å². The highest BCUT2D eigenvalue weighted by molar-refractivity contribution is 5.89. The smallest absolute Gasteiger partial charge is 0.338 e. The number of aryl methyl sites for hydroxylation is 1. The molecule has 0 saturated heterocycles. The molecule has 7 heteroatoms. The molecule has 28 heavy (non-hydrogen) atoms. The van der Waals surface area contributed by atoms with E-state index in [1.807, 2.05) is 25.1 Å². The van der Waals surface area contributed by atoms with Gasteiger partial charge in [0, 0.05) is 30.2 Å². The molecule has 0 atom stereocenters. The van der Waals surface area contributed by atoms with Crippen LogP contribution in [0.4, 0.5) is 17.2 Å². The molecular formula is C21H22N4O3. The Bertz CT molecular complexity index is 1070. The van der Waals surface area contributed by atoms with Gasteiger partial charge in [-0.25, -0.2) is 9.78 Å². The summed E-state index contributed by atoms with van der Waals surface area (Å²) in [6.45, 7) is 3.98. The van der Waals surface area contributed by atoms with Crippen LogP contribution in [0.1, 0.15) is 22.8 Å². The molecule has 1 heterocycles. The zero-order valence-corrected chi connectivity index (χ0v) is 16.0. The number of rotatable bonds is 5. The monoisotopic (exact) mass is 378 g/mol. The van der Waals surface area contributed by atoms with Crippen molar-refractivity contribution in [3.05, 3.63) is 70.1 Å². The van der Waals surface area contributed by atoms with Crippen molar-refractivity contribution >= 4 is 23.2 Å². The van der Waals surface area contributed by atoms with Crippen molar-refractivity contribution in [1.82, 2.24) is 9.55 Å². The molecule has 2 aromatic carbocycles. The third-order valence-electron chi connectivity index (χ3n) is 4.38. The normalized spacial score (nSPS) is 10.5. The van der Waals surface area contributed by atoms with Crippen LogP contribution in [0.2, 0.25) is 0 Å². The molecule has 0 aliphatic heterocycles. The van der Waals surface area contributed by atoms with E-state index in [-0.39, 0.29) is 17.3 Å². The van der Waals surface area contributed by atoms with E-state index < -0.39 is 0 Å². The number of ether oxygens (including phenoxy) is 1. The maximum Gasteiger partial charge on any atom is 0.338 e. The predicted molar refractivity (Wildman–Crippen MR) is 110 cm³/mol. The van der Waals surface area contributed by atoms with Crippen molar-refractivity contribution in [1.29, 1.82) is 0 Å². The van der Waals surface area contributed by atoms with E-state index in [1.54, 1.807) is 44.4 Å². The van der Waals surface area contributed by atoms with Gasteiger partial charge < -0.3 is 20.4 Å². The number of aromatic nitrogens is 2. The average Bonchev–Trinajstić information content (AvgIpc) is 2.68. The van der Waals surface area contributed by atoms with E-state index in [1.165, 1.54) is 4.57 Å². The Labute approximate surface area is 162 Å². The number of hydrogen-bond acceptors (Lipinski definition) is 6. The fraction of sp³-hybridized carbons (Fsp3) is 0.190. The van der Waals surface area contributed by atoms with Crippen LogP contribution in [0.15, 0.2) is 53.5 Å². The minimum absolute atomic E-state index is 0.186. The maximum absolute atomic E-state index is 12.5. The summed E-state index contributed by atoms with van der Waals surface area (Å²) in [5.74, 6) is -0.201. The van der Waals surface area contributed by atoms with Crippen molar-refractivity contribution in [3.63, 3.8) is 0 Å². The van der Waals surface area contributed by atoms with Crippen molar-refractivity contribution in [2.24, 2.45) is 7.05 Å². The Kier molecular flexibility index (Phi) is 5.44. The number of nitrogens with two attached hydrogens (primary N) is 1. The summed E-state index contributed by atoms with van der Waals surface area (Å²) in [4.78, 5) is 28.8. The second-order valence-electron chi connectivity index (χ2n) is 6.33. The number of anilines is 3. The first-order valence-corrected chi connectivity index (χ1v) is 8.88. The minimum Gasteiger partial charge on any atom is -0.462 e. The zero-order chi connectivity index (χ0) is 20.3. The Morgan fingerprint density at radius 2 is 1.93 bits per heavy atom. The van der Waals surface area contributed by atoms with Crippen LogP contribution in [-0.2, 0) is 11.8 Å². The molecule has 0 saturated carbocycles. The lowest BCUT2D eigenvalue weighted by Crippen LogP contribution is -2.21. The molecular weight excluding hydrogens is 356 g/mol. The predicted octanol–water partition coefficient (Wildman–Crippen LogP) is 3.26. The van der Waals surface area contributed by atoms with Crippen LogP contribution in [0, 0.1) is 6.92 Å². The number of nitrogens with one attached hydrogen (secondary N) is 1. The van der Waals surface area contributed by atoms with Crippen LogP contribution in [0.5, 0.6) is 0 Å². The molecule has 0 aliphatic rings. The van der Waals surface area contributed by atoms with Crippen molar-refractivity contribution < 1.29 is 9.53 Å². The lowest BCUT2D eigenvalue weighted by Gasteiger charge is -2.12. The second kappa shape index (κ2) is 7.96. The summed E-state index contributed by atoms with van der Waals surface area (Å²) >= 11 is 0. The quantitative estimate of drug-likeness (QED) is 0.522. The van der Waals surface area contributed by atoms with Crippen LogP contribution in [0.3, 0.4) is 0 Å². The van der Waals surface area contributed by atoms with Gasteiger partial charge in [0.25, 0.3) is 5.56 Å². The molecule has 0 spiro atoms. The number of nitrogens with zero attached hydrogens (tertiary/aromatic N) is 2. The lowest BCUT2D eigenvalue weighted by atomic mass is 10.0. The number of nitrogen functional groups attached to an aromatic ring is 1. The number of esters is 1. The van der Waals surface area contributed by atoms with E-state index in [0.29, 0.717) is 29.2 Å². The fourth-order valence-corrected chi connectivity index (χ4v) is 2.79. The first-order chi connectivity index (χ1) is 13.4. The highest BCUT2D eigenvalue weighted by atomic mass is 16.5. The Morgan fingerprint density at radius 3 is 2.61 bits per heavy atom. The first kappa shape index (κ1) is 19.2. The Balaban J connectivity index is 1.94. The fourth-order valence-electron chi connectivity index (χ4n) is 2.79. The standard InChI is InChI=1S/C21H22N4O3/c1-4-28-21(27)14-8-10-15(11-9-14)23-19-20(26)25(3)12-18(24-19)16-6-5-7-17(22)13(16)2/h5-12H,4,22H2,1-3H3,(H,23,24). The third kappa shape index (κ3) is 3.88. The summed E-state index contributed by atoms with van der Waals surface area (Å²) in [6, 6.07) is 12.3. The van der Waals surface area contributed by atoms with Gasteiger partial charge >= 0.3 is 5.97 Å². The van der Waals surface area contributed by atoms with Gasteiger partial charge in [-0.1, -0.05) is 12.1 Å². The van der Waals surface area contributed by atoms with Crippen molar-refractivity contribution in [2.45, 2.75) is 13.8 Å². The molecule has 144 valence electrons. The number of hydrogen-bond donors (Lipinski definition) is 2. The summed E-state index contributed by atoms with van der Waals surface area (Å²) in [5.41, 5.74) is 9.87. The molecule has 7 nitrogen and oxygen atoms in total. The maximum atomic E-state index is 12.5. The van der Waals surface area contributed by atoms with Gasteiger partial charge in [0.15, 0.2) is 5.82 Å². The van der Waals surface area contributed by atoms with E-state index in [0.717, 1.165) is 11.1 Å². The molecule has 0 fully saturated rings. The largest absolute Gasteiger partial charge is 0.462 e. The zero-order valence-electron chi connectivity index (χ0n) is 16.0.